The first kappa shape index (κ1) is 30.0. The van der Waals surface area contributed by atoms with Crippen LogP contribution < -0.4 is 10.2 Å². The van der Waals surface area contributed by atoms with Gasteiger partial charge in [-0.1, -0.05) is 54.1 Å². The van der Waals surface area contributed by atoms with E-state index in [-0.39, 0.29) is 11.8 Å². The minimum Gasteiger partial charge on any atom is -0.322 e. The minimum atomic E-state index is -0.111. The van der Waals surface area contributed by atoms with Crippen molar-refractivity contribution in [1.82, 2.24) is 4.57 Å². The largest absolute Gasteiger partial charge is 0.322 e. The first-order chi connectivity index (χ1) is 22.4. The van der Waals surface area contributed by atoms with E-state index in [1.165, 1.54) is 22.2 Å². The number of benzene rings is 3. The Hall–Kier alpha value is -4.66. The van der Waals surface area contributed by atoms with Gasteiger partial charge < -0.3 is 9.88 Å². The van der Waals surface area contributed by atoms with E-state index in [4.69, 9.17) is 4.99 Å². The Balaban J connectivity index is 1.28. The third-order valence-electron chi connectivity index (χ3n) is 8.45. The Morgan fingerprint density at radius 1 is 0.891 bits per heavy atom. The zero-order valence-electron chi connectivity index (χ0n) is 26.0. The van der Waals surface area contributed by atoms with Gasteiger partial charge in [-0.15, -0.1) is 11.3 Å². The van der Waals surface area contributed by atoms with Crippen LogP contribution in [0.1, 0.15) is 56.2 Å². The predicted molar refractivity (Wildman–Crippen MR) is 192 cm³/mol. The Morgan fingerprint density at radius 2 is 1.59 bits per heavy atom. The second kappa shape index (κ2) is 12.6. The highest BCUT2D eigenvalue weighted by Crippen LogP contribution is 2.41. The number of aryl methyl sites for hydroxylation is 3. The fourth-order valence-corrected chi connectivity index (χ4v) is 8.62. The van der Waals surface area contributed by atoms with Crippen molar-refractivity contribution in [1.29, 1.82) is 0 Å². The quantitative estimate of drug-likeness (QED) is 0.188. The number of nitrogens with zero attached hydrogens (tertiary/aromatic N) is 3. The van der Waals surface area contributed by atoms with Gasteiger partial charge in [0.15, 0.2) is 5.17 Å². The maximum atomic E-state index is 14.0. The number of para-hydroxylation sites is 2. The molecular formula is C38H34N4O2S2. The number of fused-ring (bicyclic) bond motifs is 1. The van der Waals surface area contributed by atoms with E-state index in [1.807, 2.05) is 97.9 Å². The first-order valence-electron chi connectivity index (χ1n) is 15.5. The fraction of sp³-hybridized carbons (Fsp3) is 0.184. The van der Waals surface area contributed by atoms with E-state index in [1.54, 1.807) is 16.2 Å². The van der Waals surface area contributed by atoms with Gasteiger partial charge in [-0.05, 0) is 118 Å². The summed E-state index contributed by atoms with van der Waals surface area (Å²) in [4.78, 5) is 36.3. The molecule has 0 spiro atoms. The highest BCUT2D eigenvalue weighted by atomic mass is 32.2. The van der Waals surface area contributed by atoms with Gasteiger partial charge in [0, 0.05) is 22.0 Å². The summed E-state index contributed by atoms with van der Waals surface area (Å²) in [7, 11) is 0. The standard InChI is InChI=1S/C38H34N4O2S2/c1-24-18-20-29(21-19-24)39-35(43)34-31-16-10-11-17-32(31)45-37(34)41-25(2)22-27(26(41)3)23-33-36(44)42(30-14-8-5-9-15-30)38(46-33)40-28-12-6-4-7-13-28/h4-9,12-15,18-23H,10-11,16-17H2,1-3H3,(H,39,43)/b33-23-,40-38?. The number of rotatable bonds is 6. The molecule has 1 aliphatic heterocycles. The Labute approximate surface area is 277 Å². The highest BCUT2D eigenvalue weighted by molar-refractivity contribution is 8.19. The number of anilines is 2. The zero-order valence-corrected chi connectivity index (χ0v) is 27.7. The molecule has 2 aliphatic rings. The lowest BCUT2D eigenvalue weighted by Crippen LogP contribution is -2.28. The van der Waals surface area contributed by atoms with Crippen LogP contribution >= 0.6 is 23.1 Å². The van der Waals surface area contributed by atoms with Crippen molar-refractivity contribution >= 4 is 63.2 Å². The molecule has 0 unspecified atom stereocenters. The summed E-state index contributed by atoms with van der Waals surface area (Å²) < 4.78 is 2.19. The number of nitrogens with one attached hydrogen (secondary N) is 1. The van der Waals surface area contributed by atoms with Gasteiger partial charge in [0.05, 0.1) is 21.8 Å². The van der Waals surface area contributed by atoms with E-state index < -0.39 is 0 Å². The lowest BCUT2D eigenvalue weighted by Gasteiger charge is -2.15. The van der Waals surface area contributed by atoms with Gasteiger partial charge in [-0.2, -0.15) is 0 Å². The van der Waals surface area contributed by atoms with Gasteiger partial charge in [0.1, 0.15) is 5.00 Å². The number of carbonyl (C=O) groups is 2. The van der Waals surface area contributed by atoms with Crippen molar-refractivity contribution in [3.05, 3.63) is 134 Å². The molecule has 7 rings (SSSR count). The number of thioether (sulfide) groups is 1. The van der Waals surface area contributed by atoms with Crippen molar-refractivity contribution < 1.29 is 9.59 Å². The summed E-state index contributed by atoms with van der Waals surface area (Å²) in [6.45, 7) is 6.17. The molecule has 5 aromatic rings. The van der Waals surface area contributed by atoms with Gasteiger partial charge in [-0.25, -0.2) is 4.99 Å². The maximum absolute atomic E-state index is 14.0. The topological polar surface area (TPSA) is 66.7 Å². The molecule has 0 radical (unpaired) electrons. The number of hydrogen-bond acceptors (Lipinski definition) is 5. The molecule has 1 N–H and O–H groups in total. The lowest BCUT2D eigenvalue weighted by atomic mass is 9.95. The summed E-state index contributed by atoms with van der Waals surface area (Å²) in [5, 5.41) is 4.72. The van der Waals surface area contributed by atoms with Crippen LogP contribution in [0.2, 0.25) is 0 Å². The predicted octanol–water partition coefficient (Wildman–Crippen LogP) is 9.40. The molecular weight excluding hydrogens is 609 g/mol. The van der Waals surface area contributed by atoms with E-state index in [9.17, 15) is 9.59 Å². The van der Waals surface area contributed by atoms with Crippen LogP contribution in [0.25, 0.3) is 11.1 Å². The average molecular weight is 643 g/mol. The van der Waals surface area contributed by atoms with Crippen LogP contribution in [-0.4, -0.2) is 21.5 Å². The smallest absolute Gasteiger partial charge is 0.271 e. The third-order valence-corrected chi connectivity index (χ3v) is 10.7. The second-order valence-corrected chi connectivity index (χ2v) is 13.8. The van der Waals surface area contributed by atoms with Gasteiger partial charge in [-0.3, -0.25) is 14.5 Å². The SMILES string of the molecule is Cc1ccc(NC(=O)c2c(-n3c(C)cc(/C=C4\SC(=Nc5ccccc5)N(c5ccccc5)C4=O)c3C)sc3c2CCCC3)cc1. The molecule has 6 nitrogen and oxygen atoms in total. The molecule has 0 bridgehead atoms. The average Bonchev–Trinajstić information content (AvgIpc) is 3.68. The number of carbonyl (C=O) groups excluding carboxylic acids is 2. The minimum absolute atomic E-state index is 0.0764. The summed E-state index contributed by atoms with van der Waals surface area (Å²) >= 11 is 3.10. The number of aromatic nitrogens is 1. The molecule has 2 aromatic heterocycles. The van der Waals surface area contributed by atoms with Gasteiger partial charge in [0.25, 0.3) is 11.8 Å². The van der Waals surface area contributed by atoms with Crippen molar-refractivity contribution in [3.8, 4) is 5.00 Å². The Kier molecular flexibility index (Phi) is 8.23. The number of aliphatic imine (C=N–C) groups is 1. The summed E-state index contributed by atoms with van der Waals surface area (Å²) in [5.74, 6) is -0.187. The van der Waals surface area contributed by atoms with Gasteiger partial charge in [0.2, 0.25) is 0 Å². The van der Waals surface area contributed by atoms with Crippen LogP contribution in [0.15, 0.2) is 101 Å². The van der Waals surface area contributed by atoms with E-state index in [2.05, 4.69) is 29.8 Å². The maximum Gasteiger partial charge on any atom is 0.271 e. The lowest BCUT2D eigenvalue weighted by molar-refractivity contribution is -0.113. The Morgan fingerprint density at radius 3 is 2.33 bits per heavy atom. The zero-order chi connectivity index (χ0) is 31.8. The first-order valence-corrected chi connectivity index (χ1v) is 17.2. The molecule has 1 fully saturated rings. The summed E-state index contributed by atoms with van der Waals surface area (Å²) in [6, 6.07) is 29.4. The number of thiophene rings is 1. The van der Waals surface area contributed by atoms with E-state index in [0.29, 0.717) is 10.1 Å². The second-order valence-electron chi connectivity index (χ2n) is 11.7. The molecule has 3 aromatic carbocycles. The molecule has 8 heteroatoms. The van der Waals surface area contributed by atoms with E-state index in [0.717, 1.165) is 75.8 Å². The van der Waals surface area contributed by atoms with Crippen LogP contribution in [-0.2, 0) is 17.6 Å². The fourth-order valence-electron chi connectivity index (χ4n) is 6.13. The highest BCUT2D eigenvalue weighted by Gasteiger charge is 2.35. The number of amides is 2. The molecule has 0 atom stereocenters. The van der Waals surface area contributed by atoms with E-state index >= 15 is 0 Å². The summed E-state index contributed by atoms with van der Waals surface area (Å²) in [6.07, 6.45) is 6.08. The monoisotopic (exact) mass is 642 g/mol. The summed E-state index contributed by atoms with van der Waals surface area (Å²) in [5.41, 5.74) is 8.38. The van der Waals surface area contributed by atoms with Crippen LogP contribution in [0.3, 0.4) is 0 Å². The normalized spacial score (nSPS) is 16.3. The van der Waals surface area contributed by atoms with Crippen LogP contribution in [0, 0.1) is 20.8 Å². The molecule has 46 heavy (non-hydrogen) atoms. The molecule has 1 aliphatic carbocycles. The molecule has 230 valence electrons. The van der Waals surface area contributed by atoms with Crippen LogP contribution in [0.5, 0.6) is 0 Å². The van der Waals surface area contributed by atoms with Crippen LogP contribution in [0.4, 0.5) is 17.1 Å². The van der Waals surface area contributed by atoms with Crippen molar-refractivity contribution in [3.63, 3.8) is 0 Å². The Bertz CT molecular complexity index is 2010. The molecule has 1 saturated heterocycles. The molecule has 0 saturated carbocycles. The molecule has 2 amide bonds. The van der Waals surface area contributed by atoms with Crippen molar-refractivity contribution in [2.24, 2.45) is 4.99 Å². The van der Waals surface area contributed by atoms with Crippen molar-refractivity contribution in [2.75, 3.05) is 10.2 Å². The number of amidine groups is 1. The van der Waals surface area contributed by atoms with Gasteiger partial charge >= 0.3 is 0 Å². The number of hydrogen-bond donors (Lipinski definition) is 1. The molecule has 3 heterocycles. The van der Waals surface area contributed by atoms with Crippen molar-refractivity contribution in [2.45, 2.75) is 46.5 Å². The third kappa shape index (κ3) is 5.74.